The van der Waals surface area contributed by atoms with Crippen molar-refractivity contribution in [3.05, 3.63) is 90.0 Å². The van der Waals surface area contributed by atoms with Crippen LogP contribution < -0.4 is 20.3 Å². The van der Waals surface area contributed by atoms with Gasteiger partial charge in [0.15, 0.2) is 0 Å². The van der Waals surface area contributed by atoms with Crippen LogP contribution in [0.3, 0.4) is 0 Å². The Balaban J connectivity index is 1.70. The minimum Gasteiger partial charge on any atom is -0.497 e. The summed E-state index contributed by atoms with van der Waals surface area (Å²) in [4.78, 5) is 27.3. The topological polar surface area (TPSA) is 90.9 Å². The molecule has 3 amide bonds. The zero-order valence-electron chi connectivity index (χ0n) is 16.3. The SMILES string of the molecule is COc1ccc(CNC(=O)[C@]2(O)c3ccccc3NC(=O)N2c2ccccc2)cc1. The number of fused-ring (bicyclic) bond motifs is 1. The third-order valence-electron chi connectivity index (χ3n) is 5.01. The van der Waals surface area contributed by atoms with E-state index in [2.05, 4.69) is 10.6 Å². The molecular formula is C23H21N3O4. The van der Waals surface area contributed by atoms with Gasteiger partial charge in [0.1, 0.15) is 5.75 Å². The summed E-state index contributed by atoms with van der Waals surface area (Å²) in [6.07, 6.45) is 0. The lowest BCUT2D eigenvalue weighted by Gasteiger charge is -2.42. The first kappa shape index (κ1) is 19.5. The Morgan fingerprint density at radius 2 is 1.70 bits per heavy atom. The molecule has 0 saturated heterocycles. The second-order valence-electron chi connectivity index (χ2n) is 6.85. The van der Waals surface area contributed by atoms with E-state index in [-0.39, 0.29) is 6.54 Å². The van der Waals surface area contributed by atoms with Crippen LogP contribution in [0.2, 0.25) is 0 Å². The van der Waals surface area contributed by atoms with Crippen molar-refractivity contribution in [1.82, 2.24) is 5.32 Å². The van der Waals surface area contributed by atoms with Gasteiger partial charge in [-0.05, 0) is 35.9 Å². The molecule has 7 heteroatoms. The van der Waals surface area contributed by atoms with Crippen LogP contribution in [0.5, 0.6) is 5.75 Å². The molecule has 1 aliphatic heterocycles. The van der Waals surface area contributed by atoms with Crippen LogP contribution in [0.15, 0.2) is 78.9 Å². The third-order valence-corrected chi connectivity index (χ3v) is 5.01. The number of amides is 3. The molecule has 30 heavy (non-hydrogen) atoms. The van der Waals surface area contributed by atoms with E-state index in [9.17, 15) is 14.7 Å². The number of urea groups is 1. The summed E-state index contributed by atoms with van der Waals surface area (Å²) >= 11 is 0. The normalized spacial score (nSPS) is 17.7. The number of anilines is 2. The van der Waals surface area contributed by atoms with Gasteiger partial charge in [-0.15, -0.1) is 0 Å². The van der Waals surface area contributed by atoms with E-state index in [1.165, 1.54) is 0 Å². The largest absolute Gasteiger partial charge is 0.497 e. The predicted molar refractivity (Wildman–Crippen MR) is 113 cm³/mol. The monoisotopic (exact) mass is 403 g/mol. The Labute approximate surface area is 173 Å². The van der Waals surface area contributed by atoms with Gasteiger partial charge in [-0.2, -0.15) is 0 Å². The number of ether oxygens (including phenoxy) is 1. The molecular weight excluding hydrogens is 382 g/mol. The number of para-hydroxylation sites is 2. The van der Waals surface area contributed by atoms with Crippen LogP contribution in [-0.2, 0) is 17.1 Å². The standard InChI is InChI=1S/C23H21N3O4/c1-30-18-13-11-16(12-14-18)15-24-21(27)23(29)19-9-5-6-10-20(19)25-22(28)26(23)17-7-3-2-4-8-17/h2-14,29H,15H2,1H3,(H,24,27)(H,25,28)/t23-/m1/s1. The molecule has 3 N–H and O–H groups in total. The maximum Gasteiger partial charge on any atom is 0.329 e. The third kappa shape index (κ3) is 3.35. The van der Waals surface area contributed by atoms with Gasteiger partial charge < -0.3 is 20.5 Å². The van der Waals surface area contributed by atoms with Crippen molar-refractivity contribution in [3.8, 4) is 5.75 Å². The molecule has 3 aromatic rings. The van der Waals surface area contributed by atoms with E-state index in [0.717, 1.165) is 10.5 Å². The van der Waals surface area contributed by atoms with Gasteiger partial charge in [-0.3, -0.25) is 9.69 Å². The fraction of sp³-hybridized carbons (Fsp3) is 0.130. The summed E-state index contributed by atoms with van der Waals surface area (Å²) in [7, 11) is 1.58. The highest BCUT2D eigenvalue weighted by atomic mass is 16.5. The first-order chi connectivity index (χ1) is 14.5. The lowest BCUT2D eigenvalue weighted by molar-refractivity contribution is -0.140. The number of hydrogen-bond donors (Lipinski definition) is 3. The van der Waals surface area contributed by atoms with Gasteiger partial charge in [0.2, 0.25) is 0 Å². The van der Waals surface area contributed by atoms with Crippen LogP contribution in [0.4, 0.5) is 16.2 Å². The van der Waals surface area contributed by atoms with Gasteiger partial charge in [0.05, 0.1) is 12.8 Å². The molecule has 4 rings (SSSR count). The van der Waals surface area contributed by atoms with E-state index in [4.69, 9.17) is 4.74 Å². The number of benzene rings is 3. The van der Waals surface area contributed by atoms with E-state index in [0.29, 0.717) is 22.7 Å². The molecule has 0 radical (unpaired) electrons. The summed E-state index contributed by atoms with van der Waals surface area (Å²) < 4.78 is 5.14. The van der Waals surface area contributed by atoms with Gasteiger partial charge in [-0.1, -0.05) is 48.5 Å². The highest BCUT2D eigenvalue weighted by Crippen LogP contribution is 2.39. The first-order valence-corrected chi connectivity index (χ1v) is 9.43. The van der Waals surface area contributed by atoms with Crippen molar-refractivity contribution >= 4 is 23.3 Å². The maximum absolute atomic E-state index is 13.3. The number of rotatable bonds is 5. The Kier molecular flexibility index (Phi) is 5.12. The van der Waals surface area contributed by atoms with Crippen LogP contribution in [0.1, 0.15) is 11.1 Å². The maximum atomic E-state index is 13.3. The van der Waals surface area contributed by atoms with Crippen molar-refractivity contribution in [2.24, 2.45) is 0 Å². The Morgan fingerprint density at radius 3 is 2.40 bits per heavy atom. The second kappa shape index (κ2) is 7.88. The van der Waals surface area contributed by atoms with Crippen molar-refractivity contribution in [2.45, 2.75) is 12.3 Å². The summed E-state index contributed by atoms with van der Waals surface area (Å²) in [6, 6.07) is 21.9. The first-order valence-electron chi connectivity index (χ1n) is 9.43. The number of hydrogen-bond acceptors (Lipinski definition) is 4. The summed E-state index contributed by atoms with van der Waals surface area (Å²) in [5.74, 6) is 0.00121. The molecule has 3 aromatic carbocycles. The highest BCUT2D eigenvalue weighted by molar-refractivity contribution is 6.11. The van der Waals surface area contributed by atoms with Crippen molar-refractivity contribution < 1.29 is 19.4 Å². The zero-order chi connectivity index (χ0) is 21.1. The molecule has 0 bridgehead atoms. The van der Waals surface area contributed by atoms with Gasteiger partial charge in [0.25, 0.3) is 11.6 Å². The molecule has 0 unspecified atom stereocenters. The molecule has 0 spiro atoms. The number of nitrogens with zero attached hydrogens (tertiary/aromatic N) is 1. The Morgan fingerprint density at radius 1 is 1.03 bits per heavy atom. The van der Waals surface area contributed by atoms with Crippen LogP contribution in [0.25, 0.3) is 0 Å². The fourth-order valence-electron chi connectivity index (χ4n) is 3.49. The van der Waals surface area contributed by atoms with Crippen molar-refractivity contribution in [1.29, 1.82) is 0 Å². The number of carbonyl (C=O) groups is 2. The minimum atomic E-state index is -2.22. The van der Waals surface area contributed by atoms with Crippen molar-refractivity contribution in [2.75, 3.05) is 17.3 Å². The van der Waals surface area contributed by atoms with Crippen LogP contribution in [0, 0.1) is 0 Å². The van der Waals surface area contributed by atoms with E-state index in [1.54, 1.807) is 73.8 Å². The predicted octanol–water partition coefficient (Wildman–Crippen LogP) is 3.21. The Bertz CT molecular complexity index is 1070. The molecule has 1 heterocycles. The average molecular weight is 403 g/mol. The van der Waals surface area contributed by atoms with Gasteiger partial charge >= 0.3 is 6.03 Å². The number of methoxy groups -OCH3 is 1. The summed E-state index contributed by atoms with van der Waals surface area (Å²) in [5.41, 5.74) is -0.316. The molecule has 1 atom stereocenters. The quantitative estimate of drug-likeness (QED) is 0.610. The molecule has 0 fully saturated rings. The smallest absolute Gasteiger partial charge is 0.329 e. The Hall–Kier alpha value is -3.84. The second-order valence-corrected chi connectivity index (χ2v) is 6.85. The summed E-state index contributed by atoms with van der Waals surface area (Å²) in [6.45, 7) is 0.178. The average Bonchev–Trinajstić information content (AvgIpc) is 2.78. The van der Waals surface area contributed by atoms with E-state index in [1.807, 2.05) is 12.1 Å². The molecule has 0 aliphatic carbocycles. The number of nitrogens with one attached hydrogen (secondary N) is 2. The van der Waals surface area contributed by atoms with Gasteiger partial charge in [-0.25, -0.2) is 4.79 Å². The minimum absolute atomic E-state index is 0.178. The fourth-order valence-corrected chi connectivity index (χ4v) is 3.49. The highest BCUT2D eigenvalue weighted by Gasteiger charge is 2.51. The van der Waals surface area contributed by atoms with Crippen molar-refractivity contribution in [3.63, 3.8) is 0 Å². The molecule has 7 nitrogen and oxygen atoms in total. The summed E-state index contributed by atoms with van der Waals surface area (Å²) in [5, 5.41) is 17.2. The lowest BCUT2D eigenvalue weighted by Crippen LogP contribution is -2.62. The van der Waals surface area contributed by atoms with Gasteiger partial charge in [0, 0.05) is 17.8 Å². The molecule has 0 aromatic heterocycles. The number of carbonyl (C=O) groups excluding carboxylic acids is 2. The zero-order valence-corrected chi connectivity index (χ0v) is 16.3. The van der Waals surface area contributed by atoms with Crippen LogP contribution >= 0.6 is 0 Å². The molecule has 1 aliphatic rings. The number of aliphatic hydroxyl groups is 1. The molecule has 0 saturated carbocycles. The van der Waals surface area contributed by atoms with Crippen LogP contribution in [-0.4, -0.2) is 24.2 Å². The van der Waals surface area contributed by atoms with E-state index >= 15 is 0 Å². The molecule has 152 valence electrons. The lowest BCUT2D eigenvalue weighted by atomic mass is 9.94. The van der Waals surface area contributed by atoms with E-state index < -0.39 is 17.7 Å².